The number of benzene rings is 1. The second-order valence-corrected chi connectivity index (χ2v) is 7.41. The predicted molar refractivity (Wildman–Crippen MR) is 74.5 cm³/mol. The number of nitrogens with zero attached hydrogens (tertiary/aromatic N) is 1. The fourth-order valence-electron chi connectivity index (χ4n) is 2.60. The number of aliphatic hydroxyl groups is 1. The summed E-state index contributed by atoms with van der Waals surface area (Å²) in [6, 6.07) is 5.37. The molecule has 106 valence electrons. The topological polar surface area (TPSA) is 57.6 Å². The van der Waals surface area contributed by atoms with Gasteiger partial charge in [0.25, 0.3) is 0 Å². The van der Waals surface area contributed by atoms with Crippen LogP contribution in [-0.4, -0.2) is 37.0 Å². The zero-order valence-corrected chi connectivity index (χ0v) is 12.4. The molecule has 1 aromatic carbocycles. The molecule has 1 N–H and O–H groups in total. The Kier molecular flexibility index (Phi) is 3.99. The van der Waals surface area contributed by atoms with Gasteiger partial charge in [-0.2, -0.15) is 4.31 Å². The van der Waals surface area contributed by atoms with Crippen LogP contribution in [-0.2, 0) is 10.0 Å². The van der Waals surface area contributed by atoms with E-state index < -0.39 is 16.1 Å². The molecule has 0 saturated carbocycles. The SMILES string of the molecule is Cc1cc(C)cc(S(=O)(=O)N2CCC(C(C)O)C2)c1. The van der Waals surface area contributed by atoms with Crippen molar-refractivity contribution in [2.45, 2.75) is 38.2 Å². The lowest BCUT2D eigenvalue weighted by molar-refractivity contribution is 0.133. The van der Waals surface area contributed by atoms with Crippen LogP contribution in [0.15, 0.2) is 23.1 Å². The molecule has 19 heavy (non-hydrogen) atoms. The second-order valence-electron chi connectivity index (χ2n) is 5.48. The lowest BCUT2D eigenvalue weighted by atomic mass is 10.0. The maximum absolute atomic E-state index is 12.6. The van der Waals surface area contributed by atoms with E-state index in [1.54, 1.807) is 19.1 Å². The quantitative estimate of drug-likeness (QED) is 0.918. The van der Waals surface area contributed by atoms with Crippen LogP contribution < -0.4 is 0 Å². The molecule has 1 aliphatic rings. The molecule has 2 rings (SSSR count). The minimum atomic E-state index is -3.43. The molecule has 0 aromatic heterocycles. The van der Waals surface area contributed by atoms with Gasteiger partial charge in [-0.3, -0.25) is 0 Å². The van der Waals surface area contributed by atoms with E-state index >= 15 is 0 Å². The molecule has 1 aromatic rings. The van der Waals surface area contributed by atoms with E-state index in [-0.39, 0.29) is 5.92 Å². The Labute approximate surface area is 115 Å². The first-order valence-electron chi connectivity index (χ1n) is 6.57. The van der Waals surface area contributed by atoms with Crippen molar-refractivity contribution in [1.29, 1.82) is 0 Å². The Bertz CT molecular complexity index is 546. The van der Waals surface area contributed by atoms with Gasteiger partial charge in [-0.1, -0.05) is 6.07 Å². The van der Waals surface area contributed by atoms with Crippen LogP contribution >= 0.6 is 0 Å². The molecule has 0 bridgehead atoms. The first kappa shape index (κ1) is 14.5. The van der Waals surface area contributed by atoms with E-state index in [0.717, 1.165) is 17.5 Å². The summed E-state index contributed by atoms with van der Waals surface area (Å²) in [5.41, 5.74) is 1.90. The lowest BCUT2D eigenvalue weighted by Crippen LogP contribution is -2.30. The van der Waals surface area contributed by atoms with Gasteiger partial charge in [0.05, 0.1) is 11.0 Å². The molecule has 1 aliphatic heterocycles. The van der Waals surface area contributed by atoms with Gasteiger partial charge in [-0.25, -0.2) is 8.42 Å². The number of sulfonamides is 1. The van der Waals surface area contributed by atoms with Crippen molar-refractivity contribution in [3.8, 4) is 0 Å². The third-order valence-corrected chi connectivity index (χ3v) is 5.55. The van der Waals surface area contributed by atoms with E-state index in [2.05, 4.69) is 0 Å². The van der Waals surface area contributed by atoms with Gasteiger partial charge in [0.1, 0.15) is 0 Å². The number of aryl methyl sites for hydroxylation is 2. The highest BCUT2D eigenvalue weighted by molar-refractivity contribution is 7.89. The van der Waals surface area contributed by atoms with Crippen LogP contribution in [0.4, 0.5) is 0 Å². The maximum atomic E-state index is 12.6. The third kappa shape index (κ3) is 2.99. The summed E-state index contributed by atoms with van der Waals surface area (Å²) in [5, 5.41) is 9.57. The molecular weight excluding hydrogens is 262 g/mol. The van der Waals surface area contributed by atoms with Gasteiger partial charge in [0.15, 0.2) is 0 Å². The highest BCUT2D eigenvalue weighted by Crippen LogP contribution is 2.27. The molecule has 2 unspecified atom stereocenters. The number of hydrogen-bond acceptors (Lipinski definition) is 3. The smallest absolute Gasteiger partial charge is 0.243 e. The molecule has 0 radical (unpaired) electrons. The van der Waals surface area contributed by atoms with Crippen LogP contribution in [0, 0.1) is 19.8 Å². The Morgan fingerprint density at radius 1 is 1.26 bits per heavy atom. The Balaban J connectivity index is 2.28. The monoisotopic (exact) mass is 283 g/mol. The number of hydrogen-bond donors (Lipinski definition) is 1. The van der Waals surface area contributed by atoms with Crippen LogP contribution in [0.1, 0.15) is 24.5 Å². The molecule has 5 heteroatoms. The van der Waals surface area contributed by atoms with Gasteiger partial charge in [-0.15, -0.1) is 0 Å². The Morgan fingerprint density at radius 2 is 1.84 bits per heavy atom. The normalized spacial score (nSPS) is 22.6. The Hall–Kier alpha value is -0.910. The van der Waals surface area contributed by atoms with Gasteiger partial charge >= 0.3 is 0 Å². The van der Waals surface area contributed by atoms with Gasteiger partial charge in [0.2, 0.25) is 10.0 Å². The first-order chi connectivity index (χ1) is 8.80. The van der Waals surface area contributed by atoms with Crippen molar-refractivity contribution in [3.05, 3.63) is 29.3 Å². The third-order valence-electron chi connectivity index (χ3n) is 3.70. The van der Waals surface area contributed by atoms with E-state index in [1.807, 2.05) is 19.9 Å². The van der Waals surface area contributed by atoms with Crippen LogP contribution in [0.25, 0.3) is 0 Å². The zero-order chi connectivity index (χ0) is 14.2. The summed E-state index contributed by atoms with van der Waals surface area (Å²) in [6.45, 7) is 6.42. The summed E-state index contributed by atoms with van der Waals surface area (Å²) in [5.74, 6) is 0.0423. The average Bonchev–Trinajstić information content (AvgIpc) is 2.77. The van der Waals surface area contributed by atoms with Crippen molar-refractivity contribution in [3.63, 3.8) is 0 Å². The molecule has 1 heterocycles. The highest BCUT2D eigenvalue weighted by atomic mass is 32.2. The van der Waals surface area contributed by atoms with E-state index in [1.165, 1.54) is 4.31 Å². The lowest BCUT2D eigenvalue weighted by Gasteiger charge is -2.18. The molecule has 1 fully saturated rings. The van der Waals surface area contributed by atoms with E-state index in [4.69, 9.17) is 0 Å². The maximum Gasteiger partial charge on any atom is 0.243 e. The van der Waals surface area contributed by atoms with Crippen molar-refractivity contribution in [1.82, 2.24) is 4.31 Å². The van der Waals surface area contributed by atoms with Gasteiger partial charge in [-0.05, 0) is 56.4 Å². The number of rotatable bonds is 3. The molecule has 4 nitrogen and oxygen atoms in total. The Morgan fingerprint density at radius 3 is 2.32 bits per heavy atom. The fraction of sp³-hybridized carbons (Fsp3) is 0.571. The first-order valence-corrected chi connectivity index (χ1v) is 8.01. The predicted octanol–water partition coefficient (Wildman–Crippen LogP) is 1.69. The average molecular weight is 283 g/mol. The van der Waals surface area contributed by atoms with Crippen molar-refractivity contribution in [2.24, 2.45) is 5.92 Å². The summed E-state index contributed by atoms with van der Waals surface area (Å²) in [7, 11) is -3.43. The fourth-order valence-corrected chi connectivity index (χ4v) is 4.30. The molecule has 0 amide bonds. The van der Waals surface area contributed by atoms with Crippen LogP contribution in [0.5, 0.6) is 0 Å². The number of aliphatic hydroxyl groups excluding tert-OH is 1. The largest absolute Gasteiger partial charge is 0.393 e. The zero-order valence-electron chi connectivity index (χ0n) is 11.6. The molecular formula is C14H21NO3S. The van der Waals surface area contributed by atoms with Crippen molar-refractivity contribution in [2.75, 3.05) is 13.1 Å². The second kappa shape index (κ2) is 5.23. The molecule has 0 aliphatic carbocycles. The minimum absolute atomic E-state index is 0.0423. The molecule has 2 atom stereocenters. The summed E-state index contributed by atoms with van der Waals surface area (Å²) in [4.78, 5) is 0.358. The van der Waals surface area contributed by atoms with Crippen molar-refractivity contribution < 1.29 is 13.5 Å². The summed E-state index contributed by atoms with van der Waals surface area (Å²) >= 11 is 0. The standard InChI is InChI=1S/C14H21NO3S/c1-10-6-11(2)8-14(7-10)19(17,18)15-5-4-13(9-15)12(3)16/h6-8,12-13,16H,4-5,9H2,1-3H3. The summed E-state index contributed by atoms with van der Waals surface area (Å²) in [6.07, 6.45) is 0.265. The summed E-state index contributed by atoms with van der Waals surface area (Å²) < 4.78 is 26.6. The molecule has 0 spiro atoms. The van der Waals surface area contributed by atoms with Gasteiger partial charge in [0, 0.05) is 13.1 Å². The van der Waals surface area contributed by atoms with E-state index in [9.17, 15) is 13.5 Å². The minimum Gasteiger partial charge on any atom is -0.393 e. The van der Waals surface area contributed by atoms with Crippen LogP contribution in [0.3, 0.4) is 0 Å². The molecule has 1 saturated heterocycles. The van der Waals surface area contributed by atoms with Crippen molar-refractivity contribution >= 4 is 10.0 Å². The highest BCUT2D eigenvalue weighted by Gasteiger charge is 2.34. The van der Waals surface area contributed by atoms with Gasteiger partial charge < -0.3 is 5.11 Å². The van der Waals surface area contributed by atoms with Crippen LogP contribution in [0.2, 0.25) is 0 Å². The van der Waals surface area contributed by atoms with E-state index in [0.29, 0.717) is 18.0 Å².